The predicted octanol–water partition coefficient (Wildman–Crippen LogP) is -0.778. The van der Waals surface area contributed by atoms with Crippen LogP contribution in [-0.4, -0.2) is 101 Å². The number of nitrogens with zero attached hydrogens (tertiary/aromatic N) is 7. The van der Waals surface area contributed by atoms with Crippen molar-refractivity contribution < 1.29 is 13.2 Å². The molecular weight excluding hydrogens is 446 g/mol. The number of hydrogen-bond acceptors (Lipinski definition) is 10. The summed E-state index contributed by atoms with van der Waals surface area (Å²) in [6, 6.07) is 2.13. The molecule has 178 valence electrons. The molecule has 0 bridgehead atoms. The molecule has 0 radical (unpaired) electrons. The highest BCUT2D eigenvalue weighted by Gasteiger charge is 2.31. The van der Waals surface area contributed by atoms with E-state index >= 15 is 0 Å². The largest absolute Gasteiger partial charge is 0.379 e. The third-order valence-corrected chi connectivity index (χ3v) is 7.52. The van der Waals surface area contributed by atoms with Gasteiger partial charge in [0, 0.05) is 63.8 Å². The van der Waals surface area contributed by atoms with Gasteiger partial charge in [-0.25, -0.2) is 23.1 Å². The van der Waals surface area contributed by atoms with E-state index in [-0.39, 0.29) is 12.1 Å². The highest BCUT2D eigenvalue weighted by molar-refractivity contribution is 7.88. The van der Waals surface area contributed by atoms with Gasteiger partial charge in [0.15, 0.2) is 0 Å². The molecule has 3 aliphatic heterocycles. The molecule has 5 rings (SSSR count). The van der Waals surface area contributed by atoms with Gasteiger partial charge in [0.25, 0.3) is 0 Å². The Bertz CT molecular complexity index is 1120. The number of nitrogens with two attached hydrogens (primary N) is 1. The van der Waals surface area contributed by atoms with E-state index in [4.69, 9.17) is 15.6 Å². The lowest BCUT2D eigenvalue weighted by atomic mass is 10.1. The standard InChI is InChI=1S/C20H29N9O3S/c1-33(30,31)28-4-2-26(3-5-28)13-16-10-18-19(27-6-8-32-9-7-27)24-17(14-29(18)25-16)15-11-22-20(21)23-12-15/h10-12,14,19,24H,2-9,13H2,1H3,(H2,21,22,23). The van der Waals surface area contributed by atoms with Crippen molar-refractivity contribution in [3.63, 3.8) is 0 Å². The second-order valence-corrected chi connectivity index (χ2v) is 10.5. The average molecular weight is 476 g/mol. The van der Waals surface area contributed by atoms with Crippen molar-refractivity contribution in [2.45, 2.75) is 12.7 Å². The van der Waals surface area contributed by atoms with E-state index in [1.807, 2.05) is 10.9 Å². The quantitative estimate of drug-likeness (QED) is 0.567. The Morgan fingerprint density at radius 3 is 2.48 bits per heavy atom. The summed E-state index contributed by atoms with van der Waals surface area (Å²) in [5.74, 6) is 0.234. The van der Waals surface area contributed by atoms with Gasteiger partial charge in [0.2, 0.25) is 16.0 Å². The molecular formula is C20H29N9O3S. The minimum Gasteiger partial charge on any atom is -0.379 e. The van der Waals surface area contributed by atoms with Gasteiger partial charge in [-0.05, 0) is 6.07 Å². The van der Waals surface area contributed by atoms with Crippen LogP contribution in [0.4, 0.5) is 5.95 Å². The molecule has 0 saturated carbocycles. The summed E-state index contributed by atoms with van der Waals surface area (Å²) < 4.78 is 32.6. The number of hydrogen-bond donors (Lipinski definition) is 2. The fraction of sp³-hybridized carbons (Fsp3) is 0.550. The van der Waals surface area contributed by atoms with Crippen molar-refractivity contribution >= 4 is 27.9 Å². The Morgan fingerprint density at radius 2 is 1.82 bits per heavy atom. The van der Waals surface area contributed by atoms with Crippen LogP contribution in [0.3, 0.4) is 0 Å². The number of morpholine rings is 1. The van der Waals surface area contributed by atoms with Gasteiger partial charge in [-0.15, -0.1) is 0 Å². The van der Waals surface area contributed by atoms with Crippen molar-refractivity contribution in [3.05, 3.63) is 35.4 Å². The second kappa shape index (κ2) is 8.99. The summed E-state index contributed by atoms with van der Waals surface area (Å²) in [4.78, 5) is 12.8. The number of ether oxygens (including phenoxy) is 1. The second-order valence-electron chi connectivity index (χ2n) is 8.51. The number of sulfonamides is 1. The topological polar surface area (TPSA) is 135 Å². The predicted molar refractivity (Wildman–Crippen MR) is 123 cm³/mol. The lowest BCUT2D eigenvalue weighted by Gasteiger charge is -2.37. The highest BCUT2D eigenvalue weighted by Crippen LogP contribution is 2.29. The number of anilines is 1. The number of nitrogens with one attached hydrogen (secondary N) is 1. The summed E-state index contributed by atoms with van der Waals surface area (Å²) in [6.45, 7) is 6.06. The van der Waals surface area contributed by atoms with Crippen molar-refractivity contribution in [2.75, 3.05) is 64.5 Å². The third-order valence-electron chi connectivity index (χ3n) is 6.22. The molecule has 2 saturated heterocycles. The molecule has 5 heterocycles. The summed E-state index contributed by atoms with van der Waals surface area (Å²) in [5, 5.41) is 8.47. The van der Waals surface area contributed by atoms with Gasteiger partial charge in [0.1, 0.15) is 6.17 Å². The van der Waals surface area contributed by atoms with Crippen LogP contribution in [0.2, 0.25) is 0 Å². The molecule has 2 fully saturated rings. The molecule has 1 atom stereocenters. The lowest BCUT2D eigenvalue weighted by Crippen LogP contribution is -2.47. The Morgan fingerprint density at radius 1 is 1.12 bits per heavy atom. The van der Waals surface area contributed by atoms with E-state index in [0.717, 1.165) is 35.7 Å². The molecule has 0 amide bonds. The first-order chi connectivity index (χ1) is 15.9. The van der Waals surface area contributed by atoms with E-state index in [2.05, 4.69) is 31.2 Å². The first-order valence-corrected chi connectivity index (χ1v) is 12.9. The summed E-state index contributed by atoms with van der Waals surface area (Å²) >= 11 is 0. The van der Waals surface area contributed by atoms with Crippen LogP contribution in [-0.2, 0) is 21.3 Å². The zero-order chi connectivity index (χ0) is 23.0. The number of rotatable bonds is 5. The van der Waals surface area contributed by atoms with E-state index in [9.17, 15) is 8.42 Å². The van der Waals surface area contributed by atoms with Crippen LogP contribution in [0.1, 0.15) is 23.1 Å². The van der Waals surface area contributed by atoms with Crippen molar-refractivity contribution in [3.8, 4) is 0 Å². The van der Waals surface area contributed by atoms with Crippen LogP contribution < -0.4 is 11.1 Å². The molecule has 0 spiro atoms. The van der Waals surface area contributed by atoms with E-state index in [0.29, 0.717) is 45.9 Å². The summed E-state index contributed by atoms with van der Waals surface area (Å²) in [7, 11) is -3.14. The summed E-state index contributed by atoms with van der Waals surface area (Å²) in [5.41, 5.74) is 9.37. The van der Waals surface area contributed by atoms with Gasteiger partial charge in [-0.1, -0.05) is 0 Å². The van der Waals surface area contributed by atoms with Gasteiger partial charge in [-0.3, -0.25) is 9.80 Å². The van der Waals surface area contributed by atoms with Gasteiger partial charge in [0.05, 0.1) is 42.8 Å². The SMILES string of the molecule is CS(=O)(=O)N1CCN(Cc2cc3n(n2)C=C(c2cnc(N)nc2)NC3N2CCOCC2)CC1. The fourth-order valence-electron chi connectivity index (χ4n) is 4.42. The normalized spacial score (nSPS) is 23.1. The molecule has 3 N–H and O–H groups in total. The number of aromatic nitrogens is 4. The highest BCUT2D eigenvalue weighted by atomic mass is 32.2. The van der Waals surface area contributed by atoms with Gasteiger partial charge in [-0.2, -0.15) is 9.40 Å². The molecule has 0 aromatic carbocycles. The van der Waals surface area contributed by atoms with Crippen molar-refractivity contribution in [1.29, 1.82) is 0 Å². The molecule has 13 heteroatoms. The number of nitrogen functional groups attached to an aromatic ring is 1. The molecule has 2 aromatic rings. The third kappa shape index (κ3) is 4.87. The number of fused-ring (bicyclic) bond motifs is 1. The monoisotopic (exact) mass is 475 g/mol. The zero-order valence-electron chi connectivity index (χ0n) is 18.6. The first kappa shape index (κ1) is 22.2. The maximum Gasteiger partial charge on any atom is 0.219 e. The van der Waals surface area contributed by atoms with Crippen molar-refractivity contribution in [1.82, 2.24) is 39.2 Å². The first-order valence-electron chi connectivity index (χ1n) is 11.0. The molecule has 33 heavy (non-hydrogen) atoms. The van der Waals surface area contributed by atoms with Crippen LogP contribution >= 0.6 is 0 Å². The number of piperazine rings is 1. The van der Waals surface area contributed by atoms with Crippen molar-refractivity contribution in [2.24, 2.45) is 0 Å². The van der Waals surface area contributed by atoms with E-state index < -0.39 is 10.0 Å². The zero-order valence-corrected chi connectivity index (χ0v) is 19.4. The van der Waals surface area contributed by atoms with Crippen LogP contribution in [0, 0.1) is 0 Å². The Balaban J connectivity index is 1.38. The van der Waals surface area contributed by atoms with Crippen LogP contribution in [0.5, 0.6) is 0 Å². The smallest absolute Gasteiger partial charge is 0.219 e. The lowest BCUT2D eigenvalue weighted by molar-refractivity contribution is 0.0102. The Labute approximate surface area is 193 Å². The minimum atomic E-state index is -3.14. The molecule has 3 aliphatic rings. The Kier molecular flexibility index (Phi) is 6.05. The van der Waals surface area contributed by atoms with Crippen LogP contribution in [0.15, 0.2) is 18.5 Å². The van der Waals surface area contributed by atoms with E-state index in [1.54, 1.807) is 12.4 Å². The maximum atomic E-state index is 11.8. The van der Waals surface area contributed by atoms with Crippen LogP contribution in [0.25, 0.3) is 11.9 Å². The fourth-order valence-corrected chi connectivity index (χ4v) is 5.25. The van der Waals surface area contributed by atoms with E-state index in [1.165, 1.54) is 10.6 Å². The average Bonchev–Trinajstić information content (AvgIpc) is 3.21. The van der Waals surface area contributed by atoms with Gasteiger partial charge < -0.3 is 15.8 Å². The maximum absolute atomic E-state index is 11.8. The molecule has 12 nitrogen and oxygen atoms in total. The minimum absolute atomic E-state index is 0.0604. The Hall–Kier alpha value is -2.58. The molecule has 0 aliphatic carbocycles. The molecule has 1 unspecified atom stereocenters. The molecule has 2 aromatic heterocycles. The summed E-state index contributed by atoms with van der Waals surface area (Å²) in [6.07, 6.45) is 6.56. The van der Waals surface area contributed by atoms with Gasteiger partial charge >= 0.3 is 0 Å².